The van der Waals surface area contributed by atoms with E-state index in [2.05, 4.69) is 23.7 Å². The van der Waals surface area contributed by atoms with E-state index in [0.717, 1.165) is 36.2 Å². The summed E-state index contributed by atoms with van der Waals surface area (Å²) < 4.78 is 9.91. The number of hydrogen-bond donors (Lipinski definition) is 0. The summed E-state index contributed by atoms with van der Waals surface area (Å²) >= 11 is 0. The molecule has 3 aromatic rings. The van der Waals surface area contributed by atoms with Crippen LogP contribution in [0.5, 0.6) is 5.88 Å². The van der Waals surface area contributed by atoms with Gasteiger partial charge in [0.25, 0.3) is 0 Å². The van der Waals surface area contributed by atoms with Crippen LogP contribution in [0.1, 0.15) is 26.7 Å². The Kier molecular flexibility index (Phi) is 4.86. The van der Waals surface area contributed by atoms with Crippen molar-refractivity contribution in [1.82, 2.24) is 29.3 Å². The molecule has 29 heavy (non-hydrogen) atoms. The van der Waals surface area contributed by atoms with Gasteiger partial charge >= 0.3 is 0 Å². The fourth-order valence-electron chi connectivity index (χ4n) is 4.09. The maximum absolute atomic E-state index is 11.9. The summed E-state index contributed by atoms with van der Waals surface area (Å²) in [5, 5.41) is 8.58. The van der Waals surface area contributed by atoms with Crippen molar-refractivity contribution in [3.05, 3.63) is 43.5 Å². The molecule has 3 heterocycles. The molecule has 0 aliphatic heterocycles. The number of hydrogen-bond acceptors (Lipinski definition) is 5. The lowest BCUT2D eigenvalue weighted by Crippen LogP contribution is -2.50. The first-order valence-corrected chi connectivity index (χ1v) is 9.84. The molecular weight excluding hydrogens is 368 g/mol. The quantitative estimate of drug-likeness (QED) is 0.576. The Labute approximate surface area is 169 Å². The third-order valence-electron chi connectivity index (χ3n) is 5.49. The SMILES string of the molecule is C=CC(=O)N(CC)CC1CC(C)(Oc2nc(-c3cnn(C)c3)cn3nccc23)C1. The molecule has 8 nitrogen and oxygen atoms in total. The summed E-state index contributed by atoms with van der Waals surface area (Å²) in [4.78, 5) is 18.5. The molecule has 1 aliphatic carbocycles. The Morgan fingerprint density at radius 2 is 2.21 bits per heavy atom. The highest BCUT2D eigenvalue weighted by Crippen LogP contribution is 2.42. The number of carbonyl (C=O) groups excluding carboxylic acids is 1. The van der Waals surface area contributed by atoms with Crippen LogP contribution in [-0.2, 0) is 11.8 Å². The zero-order chi connectivity index (χ0) is 20.6. The van der Waals surface area contributed by atoms with E-state index >= 15 is 0 Å². The van der Waals surface area contributed by atoms with Crippen LogP contribution in [0.3, 0.4) is 0 Å². The molecule has 1 aliphatic rings. The maximum atomic E-state index is 11.9. The highest BCUT2D eigenvalue weighted by molar-refractivity contribution is 5.86. The summed E-state index contributed by atoms with van der Waals surface area (Å²) in [5.74, 6) is 0.958. The molecule has 0 bridgehead atoms. The topological polar surface area (TPSA) is 77.6 Å². The average molecular weight is 394 g/mol. The monoisotopic (exact) mass is 394 g/mol. The van der Waals surface area contributed by atoms with E-state index in [9.17, 15) is 4.79 Å². The highest BCUT2D eigenvalue weighted by Gasteiger charge is 2.44. The molecule has 152 valence electrons. The van der Waals surface area contributed by atoms with Gasteiger partial charge in [-0.2, -0.15) is 10.2 Å². The van der Waals surface area contributed by atoms with Crippen molar-refractivity contribution in [2.24, 2.45) is 13.0 Å². The van der Waals surface area contributed by atoms with Gasteiger partial charge in [-0.3, -0.25) is 9.48 Å². The van der Waals surface area contributed by atoms with Gasteiger partial charge < -0.3 is 9.64 Å². The molecule has 8 heteroatoms. The number of carbonyl (C=O) groups is 1. The van der Waals surface area contributed by atoms with Gasteiger partial charge in [-0.15, -0.1) is 0 Å². The van der Waals surface area contributed by atoms with E-state index in [-0.39, 0.29) is 11.5 Å². The van der Waals surface area contributed by atoms with E-state index in [0.29, 0.717) is 18.3 Å². The van der Waals surface area contributed by atoms with E-state index in [1.54, 1.807) is 21.6 Å². The molecule has 0 unspecified atom stereocenters. The number of aromatic nitrogens is 5. The molecule has 0 atom stereocenters. The van der Waals surface area contributed by atoms with Crippen LogP contribution in [0.4, 0.5) is 0 Å². The Hall–Kier alpha value is -3.16. The van der Waals surface area contributed by atoms with Crippen LogP contribution in [0, 0.1) is 5.92 Å². The molecule has 1 amide bonds. The molecular formula is C21H26N6O2. The predicted molar refractivity (Wildman–Crippen MR) is 109 cm³/mol. The third-order valence-corrected chi connectivity index (χ3v) is 5.49. The Morgan fingerprint density at radius 1 is 1.41 bits per heavy atom. The summed E-state index contributed by atoms with van der Waals surface area (Å²) in [6, 6.07) is 1.90. The minimum absolute atomic E-state index is 0.0196. The summed E-state index contributed by atoms with van der Waals surface area (Å²) in [7, 11) is 1.87. The van der Waals surface area contributed by atoms with Crippen LogP contribution in [0.2, 0.25) is 0 Å². The second-order valence-electron chi connectivity index (χ2n) is 7.90. The zero-order valence-corrected chi connectivity index (χ0v) is 17.1. The van der Waals surface area contributed by atoms with Gasteiger partial charge in [0.2, 0.25) is 11.8 Å². The van der Waals surface area contributed by atoms with E-state index in [4.69, 9.17) is 9.72 Å². The number of amides is 1. The second kappa shape index (κ2) is 7.35. The zero-order valence-electron chi connectivity index (χ0n) is 17.1. The maximum Gasteiger partial charge on any atom is 0.245 e. The molecule has 0 aromatic carbocycles. The van der Waals surface area contributed by atoms with Gasteiger partial charge in [0, 0.05) is 31.9 Å². The van der Waals surface area contributed by atoms with Gasteiger partial charge in [-0.25, -0.2) is 9.50 Å². The van der Waals surface area contributed by atoms with Crippen molar-refractivity contribution in [2.75, 3.05) is 13.1 Å². The minimum atomic E-state index is -0.313. The fourth-order valence-corrected chi connectivity index (χ4v) is 4.09. The summed E-state index contributed by atoms with van der Waals surface area (Å²) in [6.45, 7) is 9.08. The molecule has 0 spiro atoms. The Balaban J connectivity index is 1.52. The van der Waals surface area contributed by atoms with E-state index < -0.39 is 0 Å². The molecule has 3 aromatic heterocycles. The predicted octanol–water partition coefficient (Wildman–Crippen LogP) is 2.71. The minimum Gasteiger partial charge on any atom is -0.470 e. The third kappa shape index (κ3) is 3.74. The number of ether oxygens (including phenoxy) is 1. The largest absolute Gasteiger partial charge is 0.470 e. The number of nitrogens with zero attached hydrogens (tertiary/aromatic N) is 6. The average Bonchev–Trinajstić information content (AvgIpc) is 3.32. The van der Waals surface area contributed by atoms with Crippen LogP contribution in [0.15, 0.2) is 43.5 Å². The lowest BCUT2D eigenvalue weighted by Gasteiger charge is -2.46. The van der Waals surface area contributed by atoms with Gasteiger partial charge in [0.05, 0.1) is 24.3 Å². The molecule has 0 saturated heterocycles. The van der Waals surface area contributed by atoms with Crippen molar-refractivity contribution < 1.29 is 9.53 Å². The molecule has 4 rings (SSSR count). The lowest BCUT2D eigenvalue weighted by atomic mass is 9.71. The number of fused-ring (bicyclic) bond motifs is 1. The van der Waals surface area contributed by atoms with Crippen LogP contribution >= 0.6 is 0 Å². The fraction of sp³-hybridized carbons (Fsp3) is 0.429. The molecule has 1 saturated carbocycles. The van der Waals surface area contributed by atoms with Crippen molar-refractivity contribution in [3.63, 3.8) is 0 Å². The van der Waals surface area contributed by atoms with Crippen LogP contribution in [0.25, 0.3) is 16.8 Å². The molecule has 1 fully saturated rings. The first-order valence-electron chi connectivity index (χ1n) is 9.84. The van der Waals surface area contributed by atoms with Crippen molar-refractivity contribution in [1.29, 1.82) is 0 Å². The van der Waals surface area contributed by atoms with Gasteiger partial charge in [0.15, 0.2) is 0 Å². The standard InChI is InChI=1S/C21H26N6O2/c1-5-19(28)26(6-2)12-15-9-21(3,10-15)29-20-18-7-8-22-27(18)14-17(24-20)16-11-23-25(4)13-16/h5,7-8,11,13-15H,1,6,9-10,12H2,2-4H3. The number of aryl methyl sites for hydroxylation is 1. The smallest absolute Gasteiger partial charge is 0.245 e. The Bertz CT molecular complexity index is 1050. The van der Waals surface area contributed by atoms with Gasteiger partial charge in [-0.05, 0) is 44.7 Å². The van der Waals surface area contributed by atoms with Gasteiger partial charge in [-0.1, -0.05) is 6.58 Å². The van der Waals surface area contributed by atoms with Gasteiger partial charge in [0.1, 0.15) is 11.1 Å². The van der Waals surface area contributed by atoms with Crippen molar-refractivity contribution >= 4 is 11.4 Å². The highest BCUT2D eigenvalue weighted by atomic mass is 16.5. The van der Waals surface area contributed by atoms with Crippen molar-refractivity contribution in [3.8, 4) is 17.1 Å². The summed E-state index contributed by atoms with van der Waals surface area (Å²) in [5.41, 5.74) is 2.19. The normalized spacial score (nSPS) is 21.0. The number of rotatable bonds is 7. The van der Waals surface area contributed by atoms with Crippen LogP contribution in [-0.4, -0.2) is 53.9 Å². The van der Waals surface area contributed by atoms with E-state index in [1.807, 2.05) is 37.3 Å². The van der Waals surface area contributed by atoms with E-state index in [1.165, 1.54) is 6.08 Å². The molecule has 0 N–H and O–H groups in total. The van der Waals surface area contributed by atoms with Crippen molar-refractivity contribution in [2.45, 2.75) is 32.3 Å². The second-order valence-corrected chi connectivity index (χ2v) is 7.90. The number of likely N-dealkylation sites (N-methyl/N-ethyl adjacent to an activating group) is 1. The molecule has 0 radical (unpaired) electrons. The Morgan fingerprint density at radius 3 is 2.86 bits per heavy atom. The first-order chi connectivity index (χ1) is 13.9. The summed E-state index contributed by atoms with van der Waals surface area (Å²) in [6.07, 6.45) is 10.4. The first kappa shape index (κ1) is 19.2. The lowest BCUT2D eigenvalue weighted by molar-refractivity contribution is -0.128. The van der Waals surface area contributed by atoms with Crippen LogP contribution < -0.4 is 4.74 Å².